The van der Waals surface area contributed by atoms with E-state index in [0.29, 0.717) is 6.54 Å². The van der Waals surface area contributed by atoms with Gasteiger partial charge in [0.25, 0.3) is 0 Å². The molecule has 2 aromatic heterocycles. The predicted molar refractivity (Wildman–Crippen MR) is 57.0 cm³/mol. The Balaban J connectivity index is 2.10. The summed E-state index contributed by atoms with van der Waals surface area (Å²) in [5, 5.41) is 12.2. The molecule has 0 amide bonds. The van der Waals surface area contributed by atoms with E-state index in [9.17, 15) is 0 Å². The number of thiophene rings is 1. The Bertz CT molecular complexity index is 379. The van der Waals surface area contributed by atoms with Gasteiger partial charge in [0, 0.05) is 17.5 Å². The SMILES string of the molecule is NCCCn1cc(-c2ccsc2)nn1. The van der Waals surface area contributed by atoms with E-state index in [0.717, 1.165) is 24.2 Å². The van der Waals surface area contributed by atoms with E-state index < -0.39 is 0 Å². The molecule has 0 aliphatic rings. The van der Waals surface area contributed by atoms with E-state index in [2.05, 4.69) is 15.7 Å². The first-order valence-corrected chi connectivity index (χ1v) is 5.47. The largest absolute Gasteiger partial charge is 0.330 e. The van der Waals surface area contributed by atoms with Crippen molar-refractivity contribution in [1.82, 2.24) is 15.0 Å². The van der Waals surface area contributed by atoms with Gasteiger partial charge in [-0.3, -0.25) is 4.68 Å². The fourth-order valence-corrected chi connectivity index (χ4v) is 1.85. The molecule has 2 heterocycles. The molecule has 2 N–H and O–H groups in total. The molecular weight excluding hydrogens is 196 g/mol. The molecule has 0 bridgehead atoms. The Morgan fingerprint density at radius 2 is 2.43 bits per heavy atom. The Labute approximate surface area is 86.4 Å². The van der Waals surface area contributed by atoms with E-state index in [4.69, 9.17) is 5.73 Å². The first-order chi connectivity index (χ1) is 6.90. The molecule has 0 aromatic carbocycles. The highest BCUT2D eigenvalue weighted by molar-refractivity contribution is 7.08. The normalized spacial score (nSPS) is 10.6. The van der Waals surface area contributed by atoms with Gasteiger partial charge in [0.05, 0.1) is 6.20 Å². The van der Waals surface area contributed by atoms with Gasteiger partial charge in [-0.2, -0.15) is 11.3 Å². The lowest BCUT2D eigenvalue weighted by Gasteiger charge is -1.95. The lowest BCUT2D eigenvalue weighted by Crippen LogP contribution is -2.06. The van der Waals surface area contributed by atoms with Crippen molar-refractivity contribution in [2.45, 2.75) is 13.0 Å². The molecule has 0 saturated carbocycles. The van der Waals surface area contributed by atoms with Crippen molar-refractivity contribution in [3.05, 3.63) is 23.0 Å². The van der Waals surface area contributed by atoms with Crippen LogP contribution >= 0.6 is 11.3 Å². The number of hydrogen-bond donors (Lipinski definition) is 1. The third kappa shape index (κ3) is 2.00. The molecule has 0 radical (unpaired) electrons. The van der Waals surface area contributed by atoms with E-state index in [1.807, 2.05) is 22.3 Å². The summed E-state index contributed by atoms with van der Waals surface area (Å²) in [6.07, 6.45) is 2.89. The number of rotatable bonds is 4. The molecule has 0 aliphatic carbocycles. The standard InChI is InChI=1S/C9H12N4S/c10-3-1-4-13-6-9(11-12-13)8-2-5-14-7-8/h2,5-7H,1,3-4,10H2. The van der Waals surface area contributed by atoms with Crippen LogP contribution in [0.2, 0.25) is 0 Å². The molecule has 0 fully saturated rings. The van der Waals surface area contributed by atoms with Crippen molar-refractivity contribution in [1.29, 1.82) is 0 Å². The van der Waals surface area contributed by atoms with Crippen LogP contribution in [-0.2, 0) is 6.54 Å². The molecule has 0 unspecified atom stereocenters. The molecule has 2 rings (SSSR count). The van der Waals surface area contributed by atoms with Crippen LogP contribution in [0.4, 0.5) is 0 Å². The smallest absolute Gasteiger partial charge is 0.113 e. The van der Waals surface area contributed by atoms with Crippen LogP contribution in [-0.4, -0.2) is 21.5 Å². The maximum atomic E-state index is 5.42. The highest BCUT2D eigenvalue weighted by Crippen LogP contribution is 2.18. The summed E-state index contributed by atoms with van der Waals surface area (Å²) >= 11 is 1.66. The van der Waals surface area contributed by atoms with E-state index in [1.54, 1.807) is 11.3 Å². The molecular formula is C9H12N4S. The predicted octanol–water partition coefficient (Wildman–Crippen LogP) is 1.36. The Morgan fingerprint density at radius 1 is 1.50 bits per heavy atom. The number of nitrogens with two attached hydrogens (primary N) is 1. The fourth-order valence-electron chi connectivity index (χ4n) is 1.20. The van der Waals surface area contributed by atoms with Crippen LogP contribution in [0.5, 0.6) is 0 Å². The van der Waals surface area contributed by atoms with Gasteiger partial charge in [-0.1, -0.05) is 5.21 Å². The van der Waals surface area contributed by atoms with Crippen molar-refractivity contribution >= 4 is 11.3 Å². The first-order valence-electron chi connectivity index (χ1n) is 4.53. The van der Waals surface area contributed by atoms with Gasteiger partial charge in [-0.15, -0.1) is 5.10 Å². The monoisotopic (exact) mass is 208 g/mol. The van der Waals surface area contributed by atoms with Gasteiger partial charge in [0.1, 0.15) is 5.69 Å². The Kier molecular flexibility index (Phi) is 2.90. The van der Waals surface area contributed by atoms with Crippen molar-refractivity contribution in [3.8, 4) is 11.3 Å². The number of hydrogen-bond acceptors (Lipinski definition) is 4. The second kappa shape index (κ2) is 4.34. The van der Waals surface area contributed by atoms with Crippen molar-refractivity contribution in [2.75, 3.05) is 6.54 Å². The summed E-state index contributed by atoms with van der Waals surface area (Å²) < 4.78 is 1.83. The minimum Gasteiger partial charge on any atom is -0.330 e. The van der Waals surface area contributed by atoms with E-state index in [1.165, 1.54) is 0 Å². The zero-order chi connectivity index (χ0) is 9.80. The van der Waals surface area contributed by atoms with Gasteiger partial charge in [0.2, 0.25) is 0 Å². The average Bonchev–Trinajstić information content (AvgIpc) is 2.85. The van der Waals surface area contributed by atoms with Crippen LogP contribution in [0.3, 0.4) is 0 Å². The maximum absolute atomic E-state index is 5.42. The summed E-state index contributed by atoms with van der Waals surface area (Å²) in [6.45, 7) is 1.53. The quantitative estimate of drug-likeness (QED) is 0.825. The molecule has 0 spiro atoms. The lowest BCUT2D eigenvalue weighted by molar-refractivity contribution is 0.564. The Hall–Kier alpha value is -1.20. The highest BCUT2D eigenvalue weighted by Gasteiger charge is 2.02. The molecule has 0 aliphatic heterocycles. The lowest BCUT2D eigenvalue weighted by atomic mass is 10.3. The van der Waals surface area contributed by atoms with Gasteiger partial charge >= 0.3 is 0 Å². The molecule has 0 atom stereocenters. The van der Waals surface area contributed by atoms with Gasteiger partial charge < -0.3 is 5.73 Å². The van der Waals surface area contributed by atoms with Crippen LogP contribution in [0.15, 0.2) is 23.0 Å². The van der Waals surface area contributed by atoms with Crippen molar-refractivity contribution in [3.63, 3.8) is 0 Å². The van der Waals surface area contributed by atoms with Crippen molar-refractivity contribution < 1.29 is 0 Å². The van der Waals surface area contributed by atoms with Crippen molar-refractivity contribution in [2.24, 2.45) is 5.73 Å². The van der Waals surface area contributed by atoms with Crippen LogP contribution in [0.25, 0.3) is 11.3 Å². The number of aryl methyl sites for hydroxylation is 1. The fraction of sp³-hybridized carbons (Fsp3) is 0.333. The first kappa shape index (κ1) is 9.36. The summed E-state index contributed by atoms with van der Waals surface area (Å²) in [4.78, 5) is 0. The molecule has 5 heteroatoms. The number of aromatic nitrogens is 3. The molecule has 74 valence electrons. The van der Waals surface area contributed by atoms with Crippen LogP contribution in [0.1, 0.15) is 6.42 Å². The third-order valence-electron chi connectivity index (χ3n) is 1.95. The highest BCUT2D eigenvalue weighted by atomic mass is 32.1. The van der Waals surface area contributed by atoms with Gasteiger partial charge in [-0.25, -0.2) is 0 Å². The third-order valence-corrected chi connectivity index (χ3v) is 2.63. The van der Waals surface area contributed by atoms with E-state index in [-0.39, 0.29) is 0 Å². The molecule has 14 heavy (non-hydrogen) atoms. The average molecular weight is 208 g/mol. The zero-order valence-corrected chi connectivity index (χ0v) is 8.57. The molecule has 4 nitrogen and oxygen atoms in total. The Morgan fingerprint density at radius 3 is 3.14 bits per heavy atom. The summed E-state index contributed by atoms with van der Waals surface area (Å²) in [6, 6.07) is 2.04. The summed E-state index contributed by atoms with van der Waals surface area (Å²) in [5.41, 5.74) is 7.48. The maximum Gasteiger partial charge on any atom is 0.113 e. The van der Waals surface area contributed by atoms with Gasteiger partial charge in [-0.05, 0) is 24.4 Å². The van der Waals surface area contributed by atoms with E-state index >= 15 is 0 Å². The van der Waals surface area contributed by atoms with Crippen LogP contribution in [0, 0.1) is 0 Å². The second-order valence-corrected chi connectivity index (χ2v) is 3.80. The number of nitrogens with zero attached hydrogens (tertiary/aromatic N) is 3. The second-order valence-electron chi connectivity index (χ2n) is 3.02. The molecule has 2 aromatic rings. The van der Waals surface area contributed by atoms with Gasteiger partial charge in [0.15, 0.2) is 0 Å². The topological polar surface area (TPSA) is 56.7 Å². The molecule has 0 saturated heterocycles. The minimum absolute atomic E-state index is 0.688. The van der Waals surface area contributed by atoms with Crippen LogP contribution < -0.4 is 5.73 Å². The zero-order valence-electron chi connectivity index (χ0n) is 7.76. The summed E-state index contributed by atoms with van der Waals surface area (Å²) in [5.74, 6) is 0. The summed E-state index contributed by atoms with van der Waals surface area (Å²) in [7, 11) is 0. The minimum atomic E-state index is 0.688.